The van der Waals surface area contributed by atoms with Gasteiger partial charge in [-0.2, -0.15) is 0 Å². The van der Waals surface area contributed by atoms with Crippen molar-refractivity contribution < 1.29 is 4.79 Å². The molecule has 2 aliphatic rings. The third-order valence-corrected chi connectivity index (χ3v) is 2.77. The molecule has 1 heterocycles. The van der Waals surface area contributed by atoms with Gasteiger partial charge in [0.1, 0.15) is 0 Å². The summed E-state index contributed by atoms with van der Waals surface area (Å²) in [5.41, 5.74) is 6.85. The molecule has 12 heavy (non-hydrogen) atoms. The van der Waals surface area contributed by atoms with Gasteiger partial charge >= 0.3 is 0 Å². The van der Waals surface area contributed by atoms with Crippen molar-refractivity contribution in [3.05, 3.63) is 22.6 Å². The molecule has 4 heteroatoms. The van der Waals surface area contributed by atoms with Crippen molar-refractivity contribution in [3.63, 3.8) is 0 Å². The minimum atomic E-state index is -0.353. The molecule has 0 unspecified atom stereocenters. The first-order valence-corrected chi connectivity index (χ1v) is 4.64. The Bertz CT molecular complexity index is 328. The van der Waals surface area contributed by atoms with Gasteiger partial charge in [0.25, 0.3) is 0 Å². The Morgan fingerprint density at radius 3 is 3.25 bits per heavy atom. The van der Waals surface area contributed by atoms with E-state index in [4.69, 9.17) is 5.73 Å². The van der Waals surface area contributed by atoms with Crippen molar-refractivity contribution in [1.29, 1.82) is 0 Å². The summed E-state index contributed by atoms with van der Waals surface area (Å²) in [6.07, 6.45) is 4.40. The maximum absolute atomic E-state index is 10.8. The number of fused-ring (bicyclic) bond motifs is 1. The van der Waals surface area contributed by atoms with Gasteiger partial charge in [-0.05, 0) is 6.08 Å². The highest BCUT2D eigenvalue weighted by Crippen LogP contribution is 2.30. The zero-order chi connectivity index (χ0) is 8.55. The number of allylic oxidation sites excluding steroid dienone is 2. The summed E-state index contributed by atoms with van der Waals surface area (Å²) in [5, 5.41) is 0. The number of carbonyl (C=O) groups excluding carboxylic acids is 1. The molecule has 62 valence electrons. The van der Waals surface area contributed by atoms with E-state index < -0.39 is 0 Å². The summed E-state index contributed by atoms with van der Waals surface area (Å²) in [6, 6.07) is 0. The quantitative estimate of drug-likeness (QED) is 0.649. The highest BCUT2D eigenvalue weighted by molar-refractivity contribution is 8.04. The molecule has 0 aromatic rings. The molecule has 0 atom stereocenters. The van der Waals surface area contributed by atoms with E-state index in [1.54, 1.807) is 11.8 Å². The fraction of sp³-hybridized carbons (Fsp3) is 0.250. The molecule has 3 nitrogen and oxygen atoms in total. The Labute approximate surface area is 74.4 Å². The van der Waals surface area contributed by atoms with Crippen molar-refractivity contribution in [1.82, 2.24) is 0 Å². The van der Waals surface area contributed by atoms with Gasteiger partial charge in [-0.1, -0.05) is 6.08 Å². The minimum absolute atomic E-state index is 0.353. The molecule has 1 aliphatic heterocycles. The van der Waals surface area contributed by atoms with E-state index in [1.807, 2.05) is 12.2 Å². The predicted molar refractivity (Wildman–Crippen MR) is 49.9 cm³/mol. The molecular weight excluding hydrogens is 172 g/mol. The van der Waals surface area contributed by atoms with Crippen LogP contribution in [-0.4, -0.2) is 17.5 Å². The Balaban J connectivity index is 2.30. The highest BCUT2D eigenvalue weighted by atomic mass is 32.2. The number of nitrogens with two attached hydrogens (primary N) is 1. The Morgan fingerprint density at radius 2 is 2.50 bits per heavy atom. The minimum Gasteiger partial charge on any atom is -0.366 e. The smallest absolute Gasteiger partial charge is 0.248 e. The van der Waals surface area contributed by atoms with Crippen LogP contribution in [0, 0.1) is 0 Å². The van der Waals surface area contributed by atoms with Crippen LogP contribution in [0.2, 0.25) is 0 Å². The number of primary amides is 1. The second-order valence-corrected chi connectivity index (χ2v) is 3.60. The number of hydrogen-bond acceptors (Lipinski definition) is 3. The largest absolute Gasteiger partial charge is 0.366 e. The Hall–Kier alpha value is -1.03. The van der Waals surface area contributed by atoms with E-state index in [0.29, 0.717) is 5.57 Å². The summed E-state index contributed by atoms with van der Waals surface area (Å²) < 4.78 is 0. The molecule has 1 amide bonds. The van der Waals surface area contributed by atoms with Crippen LogP contribution in [0.1, 0.15) is 6.42 Å². The fourth-order valence-electron chi connectivity index (χ4n) is 1.21. The number of amides is 1. The van der Waals surface area contributed by atoms with Crippen molar-refractivity contribution in [2.75, 3.05) is 5.88 Å². The van der Waals surface area contributed by atoms with Crippen LogP contribution >= 0.6 is 11.8 Å². The van der Waals surface area contributed by atoms with E-state index in [0.717, 1.165) is 22.9 Å². The second kappa shape index (κ2) is 2.79. The maximum atomic E-state index is 10.8. The zero-order valence-corrected chi connectivity index (χ0v) is 7.23. The lowest BCUT2D eigenvalue weighted by molar-refractivity contribution is -0.114. The van der Waals surface area contributed by atoms with E-state index in [1.165, 1.54) is 0 Å². The lowest BCUT2D eigenvalue weighted by Gasteiger charge is -2.07. The topological polar surface area (TPSA) is 55.5 Å². The van der Waals surface area contributed by atoms with Crippen LogP contribution in [0.15, 0.2) is 27.6 Å². The molecule has 0 bridgehead atoms. The molecule has 0 aromatic heterocycles. The zero-order valence-electron chi connectivity index (χ0n) is 6.41. The van der Waals surface area contributed by atoms with E-state index in [9.17, 15) is 4.79 Å². The average Bonchev–Trinajstić information content (AvgIpc) is 2.49. The number of hydrogen-bond donors (Lipinski definition) is 1. The molecule has 0 aromatic carbocycles. The van der Waals surface area contributed by atoms with Gasteiger partial charge in [-0.15, -0.1) is 11.8 Å². The van der Waals surface area contributed by atoms with Crippen LogP contribution in [0.5, 0.6) is 0 Å². The molecule has 0 saturated carbocycles. The summed E-state index contributed by atoms with van der Waals surface area (Å²) >= 11 is 1.66. The third kappa shape index (κ3) is 1.18. The average molecular weight is 180 g/mol. The van der Waals surface area contributed by atoms with E-state index in [2.05, 4.69) is 4.99 Å². The third-order valence-electron chi connectivity index (χ3n) is 1.85. The molecule has 0 spiro atoms. The monoisotopic (exact) mass is 180 g/mol. The molecular formula is C8H8N2OS. The lowest BCUT2D eigenvalue weighted by atomic mass is 10.1. The summed E-state index contributed by atoms with van der Waals surface area (Å²) in [7, 11) is 0. The van der Waals surface area contributed by atoms with Gasteiger partial charge in [0.2, 0.25) is 5.91 Å². The van der Waals surface area contributed by atoms with Gasteiger partial charge in [0.05, 0.1) is 11.6 Å². The van der Waals surface area contributed by atoms with Crippen LogP contribution in [-0.2, 0) is 4.79 Å². The number of thioether (sulfide) groups is 1. The molecule has 1 aliphatic carbocycles. The van der Waals surface area contributed by atoms with Crippen LogP contribution in [0.25, 0.3) is 0 Å². The van der Waals surface area contributed by atoms with Gasteiger partial charge < -0.3 is 5.73 Å². The second-order valence-electron chi connectivity index (χ2n) is 2.61. The lowest BCUT2D eigenvalue weighted by Crippen LogP contribution is -2.15. The first-order chi connectivity index (χ1) is 5.77. The standard InChI is InChI=1S/C8H8N2OS/c9-8(11)5-1-2-6-7(3-5)12-4-10-6/h1,3H,2,4H2,(H2,9,11). The fourth-order valence-corrected chi connectivity index (χ4v) is 2.09. The van der Waals surface area contributed by atoms with Crippen LogP contribution in [0.3, 0.4) is 0 Å². The van der Waals surface area contributed by atoms with Gasteiger partial charge in [0, 0.05) is 16.9 Å². The maximum Gasteiger partial charge on any atom is 0.248 e. The van der Waals surface area contributed by atoms with Gasteiger partial charge in [-0.3, -0.25) is 9.79 Å². The van der Waals surface area contributed by atoms with Crippen molar-refractivity contribution in [2.24, 2.45) is 10.7 Å². The Morgan fingerprint density at radius 1 is 1.67 bits per heavy atom. The normalized spacial score (nSPS) is 20.8. The van der Waals surface area contributed by atoms with E-state index >= 15 is 0 Å². The van der Waals surface area contributed by atoms with Crippen LogP contribution in [0.4, 0.5) is 0 Å². The van der Waals surface area contributed by atoms with Crippen LogP contribution < -0.4 is 5.73 Å². The first-order valence-electron chi connectivity index (χ1n) is 3.65. The predicted octanol–water partition coefficient (Wildman–Crippen LogP) is 0.831. The molecule has 0 radical (unpaired) electrons. The van der Waals surface area contributed by atoms with Gasteiger partial charge in [0.15, 0.2) is 0 Å². The molecule has 0 fully saturated rings. The van der Waals surface area contributed by atoms with Gasteiger partial charge in [-0.25, -0.2) is 0 Å². The van der Waals surface area contributed by atoms with E-state index in [-0.39, 0.29) is 5.91 Å². The molecule has 2 rings (SSSR count). The summed E-state index contributed by atoms with van der Waals surface area (Å²) in [6.45, 7) is 0. The number of carbonyl (C=O) groups is 1. The van der Waals surface area contributed by atoms with Crippen molar-refractivity contribution in [3.8, 4) is 0 Å². The SMILES string of the molecule is NC(=O)C1=CCC2=NCSC2=C1. The Kier molecular flexibility index (Phi) is 1.77. The summed E-state index contributed by atoms with van der Waals surface area (Å²) in [5.74, 6) is 0.426. The summed E-state index contributed by atoms with van der Waals surface area (Å²) in [4.78, 5) is 16.2. The highest BCUT2D eigenvalue weighted by Gasteiger charge is 2.18. The number of aliphatic imine (C=N–C) groups is 1. The number of rotatable bonds is 1. The molecule has 2 N–H and O–H groups in total. The van der Waals surface area contributed by atoms with Crippen molar-refractivity contribution >= 4 is 23.4 Å². The van der Waals surface area contributed by atoms with Crippen molar-refractivity contribution in [2.45, 2.75) is 6.42 Å². The number of nitrogens with zero attached hydrogens (tertiary/aromatic N) is 1. The molecule has 0 saturated heterocycles. The first kappa shape index (κ1) is 7.61.